The topological polar surface area (TPSA) is 84.5 Å². The number of nitrogens with one attached hydrogen (secondary N) is 2. The van der Waals surface area contributed by atoms with E-state index in [4.69, 9.17) is 16.3 Å². The molecule has 0 heterocycles. The number of rotatable bonds is 5. The number of halogens is 2. The van der Waals surface area contributed by atoms with Crippen molar-refractivity contribution in [2.75, 3.05) is 0 Å². The van der Waals surface area contributed by atoms with Crippen LogP contribution < -0.4 is 10.6 Å². The minimum atomic E-state index is -1.18. The molecule has 1 saturated carbocycles. The van der Waals surface area contributed by atoms with Crippen LogP contribution in [0.3, 0.4) is 0 Å². The quantitative estimate of drug-likeness (QED) is 0.801. The van der Waals surface area contributed by atoms with Gasteiger partial charge in [0.1, 0.15) is 5.82 Å². The van der Waals surface area contributed by atoms with Gasteiger partial charge in [0.25, 0.3) is 5.91 Å². The van der Waals surface area contributed by atoms with E-state index < -0.39 is 36.2 Å². The molecule has 0 spiro atoms. The summed E-state index contributed by atoms with van der Waals surface area (Å²) in [6, 6.07) is 3.51. The van der Waals surface area contributed by atoms with Crippen molar-refractivity contribution in [2.45, 2.75) is 38.3 Å². The van der Waals surface area contributed by atoms with E-state index in [1.165, 1.54) is 25.1 Å². The van der Waals surface area contributed by atoms with Gasteiger partial charge in [0.05, 0.1) is 6.42 Å². The maximum atomic E-state index is 13.6. The summed E-state index contributed by atoms with van der Waals surface area (Å²) in [6.07, 6.45) is 0.181. The molecule has 3 amide bonds. The van der Waals surface area contributed by atoms with E-state index in [0.29, 0.717) is 0 Å². The standard InChI is InChI=1S/C15H16ClFN2O4/c1-8(14(21)19-15(22)18-9-5-6-9)23-13(20)7-10-11(16)3-2-4-12(10)17/h2-4,8-9H,5-7H2,1H3,(H2,18,19,21,22). The highest BCUT2D eigenvalue weighted by Crippen LogP contribution is 2.20. The molecule has 23 heavy (non-hydrogen) atoms. The first-order valence-corrected chi connectivity index (χ1v) is 7.48. The molecule has 2 N–H and O–H groups in total. The molecule has 1 aliphatic rings. The highest BCUT2D eigenvalue weighted by molar-refractivity contribution is 6.31. The normalized spacial score (nSPS) is 14.7. The lowest BCUT2D eigenvalue weighted by Gasteiger charge is -2.13. The van der Waals surface area contributed by atoms with Gasteiger partial charge in [-0.1, -0.05) is 17.7 Å². The van der Waals surface area contributed by atoms with Crippen molar-refractivity contribution < 1.29 is 23.5 Å². The number of amides is 3. The Balaban J connectivity index is 1.83. The Morgan fingerprint density at radius 3 is 2.70 bits per heavy atom. The van der Waals surface area contributed by atoms with Gasteiger partial charge in [-0.05, 0) is 31.9 Å². The van der Waals surface area contributed by atoms with Crippen molar-refractivity contribution in [3.63, 3.8) is 0 Å². The first-order valence-electron chi connectivity index (χ1n) is 7.10. The maximum Gasteiger partial charge on any atom is 0.321 e. The number of hydrogen-bond acceptors (Lipinski definition) is 4. The second-order valence-corrected chi connectivity index (χ2v) is 5.65. The van der Waals surface area contributed by atoms with Gasteiger partial charge >= 0.3 is 12.0 Å². The molecule has 0 aromatic heterocycles. The fourth-order valence-corrected chi connectivity index (χ4v) is 2.03. The van der Waals surface area contributed by atoms with Crippen LogP contribution in [0.1, 0.15) is 25.3 Å². The van der Waals surface area contributed by atoms with Gasteiger partial charge in [-0.25, -0.2) is 9.18 Å². The molecule has 1 aromatic rings. The van der Waals surface area contributed by atoms with Gasteiger partial charge in [-0.15, -0.1) is 0 Å². The van der Waals surface area contributed by atoms with Gasteiger partial charge in [0.15, 0.2) is 6.10 Å². The lowest BCUT2D eigenvalue weighted by molar-refractivity contribution is -0.153. The van der Waals surface area contributed by atoms with Crippen LogP contribution >= 0.6 is 11.6 Å². The molecule has 1 aliphatic carbocycles. The lowest BCUT2D eigenvalue weighted by atomic mass is 10.1. The number of imide groups is 1. The van der Waals surface area contributed by atoms with Gasteiger partial charge in [-0.2, -0.15) is 0 Å². The first kappa shape index (κ1) is 17.2. The van der Waals surface area contributed by atoms with Crippen molar-refractivity contribution >= 4 is 29.5 Å². The smallest absolute Gasteiger partial charge is 0.321 e. The number of hydrogen-bond donors (Lipinski definition) is 2. The fraction of sp³-hybridized carbons (Fsp3) is 0.400. The van der Waals surface area contributed by atoms with Gasteiger partial charge in [0, 0.05) is 16.6 Å². The van der Waals surface area contributed by atoms with Crippen molar-refractivity contribution in [1.29, 1.82) is 0 Å². The van der Waals surface area contributed by atoms with Crippen LogP contribution in [0.2, 0.25) is 5.02 Å². The third-order valence-corrected chi connectivity index (χ3v) is 3.56. The van der Waals surface area contributed by atoms with Crippen LogP contribution in [0, 0.1) is 5.82 Å². The van der Waals surface area contributed by atoms with Crippen LogP contribution in [0.25, 0.3) is 0 Å². The summed E-state index contributed by atoms with van der Waals surface area (Å²) in [5.41, 5.74) is -0.00162. The zero-order valence-electron chi connectivity index (χ0n) is 12.4. The summed E-state index contributed by atoms with van der Waals surface area (Å²) in [5, 5.41) is 4.75. The minimum absolute atomic E-state index is 0.00162. The lowest BCUT2D eigenvalue weighted by Crippen LogP contribution is -2.45. The molecule has 2 rings (SSSR count). The largest absolute Gasteiger partial charge is 0.452 e. The van der Waals surface area contributed by atoms with E-state index in [9.17, 15) is 18.8 Å². The Morgan fingerprint density at radius 1 is 1.39 bits per heavy atom. The van der Waals surface area contributed by atoms with Crippen molar-refractivity contribution in [3.8, 4) is 0 Å². The Labute approximate surface area is 137 Å². The molecule has 8 heteroatoms. The highest BCUT2D eigenvalue weighted by Gasteiger charge is 2.26. The Bertz CT molecular complexity index is 614. The van der Waals surface area contributed by atoms with Crippen molar-refractivity contribution in [1.82, 2.24) is 10.6 Å². The zero-order chi connectivity index (χ0) is 17.0. The van der Waals surface area contributed by atoms with E-state index in [-0.39, 0.29) is 16.6 Å². The predicted molar refractivity (Wildman–Crippen MR) is 80.4 cm³/mol. The summed E-state index contributed by atoms with van der Waals surface area (Å²) in [5.74, 6) is -2.20. The second kappa shape index (κ2) is 7.41. The van der Waals surface area contributed by atoms with E-state index >= 15 is 0 Å². The number of urea groups is 1. The molecular formula is C15H16ClFN2O4. The molecule has 1 unspecified atom stereocenters. The maximum absolute atomic E-state index is 13.6. The van der Waals surface area contributed by atoms with Crippen LogP contribution in [0.5, 0.6) is 0 Å². The Morgan fingerprint density at radius 2 is 2.09 bits per heavy atom. The summed E-state index contributed by atoms with van der Waals surface area (Å²) in [7, 11) is 0. The molecule has 0 saturated heterocycles. The number of esters is 1. The average molecular weight is 343 g/mol. The van der Waals surface area contributed by atoms with Crippen LogP contribution in [-0.4, -0.2) is 30.1 Å². The fourth-order valence-electron chi connectivity index (χ4n) is 1.80. The molecule has 6 nitrogen and oxygen atoms in total. The third-order valence-electron chi connectivity index (χ3n) is 3.21. The Kier molecular flexibility index (Phi) is 5.54. The van der Waals surface area contributed by atoms with Crippen molar-refractivity contribution in [2.24, 2.45) is 0 Å². The average Bonchev–Trinajstić information content (AvgIpc) is 3.26. The van der Waals surface area contributed by atoms with Gasteiger partial charge in [0.2, 0.25) is 0 Å². The number of carbonyl (C=O) groups is 3. The minimum Gasteiger partial charge on any atom is -0.452 e. The summed E-state index contributed by atoms with van der Waals surface area (Å²) < 4.78 is 18.5. The molecule has 0 aliphatic heterocycles. The van der Waals surface area contributed by atoms with Crippen LogP contribution in [-0.2, 0) is 20.7 Å². The third kappa shape index (κ3) is 5.21. The number of carbonyl (C=O) groups excluding carboxylic acids is 3. The SMILES string of the molecule is CC(OC(=O)Cc1c(F)cccc1Cl)C(=O)NC(=O)NC1CC1. The molecule has 0 bridgehead atoms. The molecule has 0 radical (unpaired) electrons. The van der Waals surface area contributed by atoms with E-state index in [2.05, 4.69) is 10.6 Å². The molecule has 1 atom stereocenters. The summed E-state index contributed by atoms with van der Waals surface area (Å²) >= 11 is 5.82. The first-order chi connectivity index (χ1) is 10.9. The second-order valence-electron chi connectivity index (χ2n) is 5.25. The molecular weight excluding hydrogens is 327 g/mol. The molecule has 1 fully saturated rings. The van der Waals surface area contributed by atoms with Crippen LogP contribution in [0.15, 0.2) is 18.2 Å². The Hall–Kier alpha value is -2.15. The van der Waals surface area contributed by atoms with E-state index in [1.54, 1.807) is 0 Å². The van der Waals surface area contributed by atoms with Gasteiger partial charge < -0.3 is 10.1 Å². The van der Waals surface area contributed by atoms with Crippen LogP contribution in [0.4, 0.5) is 9.18 Å². The number of ether oxygens (including phenoxy) is 1. The highest BCUT2D eigenvalue weighted by atomic mass is 35.5. The predicted octanol–water partition coefficient (Wildman–Crippen LogP) is 1.94. The monoisotopic (exact) mass is 342 g/mol. The molecule has 1 aromatic carbocycles. The van der Waals surface area contributed by atoms with Gasteiger partial charge in [-0.3, -0.25) is 14.9 Å². The zero-order valence-corrected chi connectivity index (χ0v) is 13.2. The van der Waals surface area contributed by atoms with Crippen molar-refractivity contribution in [3.05, 3.63) is 34.6 Å². The number of benzene rings is 1. The van der Waals surface area contributed by atoms with E-state index in [0.717, 1.165) is 12.8 Å². The summed E-state index contributed by atoms with van der Waals surface area (Å²) in [6.45, 7) is 1.32. The van der Waals surface area contributed by atoms with E-state index in [1.807, 2.05) is 0 Å². The summed E-state index contributed by atoms with van der Waals surface area (Å²) in [4.78, 5) is 34.9. The molecule has 124 valence electrons.